The maximum atomic E-state index is 12.3. The number of nitrogens with zero attached hydrogens (tertiary/aromatic N) is 1. The van der Waals surface area contributed by atoms with Crippen molar-refractivity contribution in [3.8, 4) is 11.5 Å². The van der Waals surface area contributed by atoms with Gasteiger partial charge in [-0.1, -0.05) is 55.5 Å². The van der Waals surface area contributed by atoms with Gasteiger partial charge in [-0.25, -0.2) is 8.42 Å². The summed E-state index contributed by atoms with van der Waals surface area (Å²) < 4.78 is 31.8. The number of para-hydroxylation sites is 1. The molecule has 1 amide bonds. The van der Waals surface area contributed by atoms with Gasteiger partial charge in [-0.2, -0.15) is 0 Å². The molecule has 0 aliphatic rings. The molecular weight excluding hydrogens is 436 g/mol. The molecule has 0 radical (unpaired) electrons. The summed E-state index contributed by atoms with van der Waals surface area (Å²) in [6, 6.07) is 26.3. The van der Waals surface area contributed by atoms with Gasteiger partial charge in [0.05, 0.1) is 11.9 Å². The fourth-order valence-corrected chi connectivity index (χ4v) is 4.39. The second kappa shape index (κ2) is 11.5. The van der Waals surface area contributed by atoms with Crippen LogP contribution in [0.4, 0.5) is 5.69 Å². The van der Waals surface area contributed by atoms with Gasteiger partial charge in [0.2, 0.25) is 15.9 Å². The smallest absolute Gasteiger partial charge is 0.232 e. The van der Waals surface area contributed by atoms with Crippen LogP contribution in [0.1, 0.15) is 31.2 Å². The maximum Gasteiger partial charge on any atom is 0.232 e. The van der Waals surface area contributed by atoms with Gasteiger partial charge in [0.25, 0.3) is 0 Å². The summed E-state index contributed by atoms with van der Waals surface area (Å²) in [6.45, 7) is 2.83. The van der Waals surface area contributed by atoms with Crippen molar-refractivity contribution in [3.05, 3.63) is 90.5 Å². The largest absolute Gasteiger partial charge is 0.457 e. The van der Waals surface area contributed by atoms with Gasteiger partial charge in [0.1, 0.15) is 11.5 Å². The Balaban J connectivity index is 1.52. The van der Waals surface area contributed by atoms with Crippen LogP contribution in [0, 0.1) is 0 Å². The fourth-order valence-electron chi connectivity index (χ4n) is 3.43. The van der Waals surface area contributed by atoms with Crippen molar-refractivity contribution in [1.29, 1.82) is 0 Å². The summed E-state index contributed by atoms with van der Waals surface area (Å²) in [5.41, 5.74) is 1.71. The Morgan fingerprint density at radius 3 is 2.09 bits per heavy atom. The van der Waals surface area contributed by atoms with Gasteiger partial charge in [-0.05, 0) is 54.3 Å². The minimum atomic E-state index is -3.49. The predicted molar refractivity (Wildman–Crippen MR) is 132 cm³/mol. The fraction of sp³-hybridized carbons (Fsp3) is 0.269. The summed E-state index contributed by atoms with van der Waals surface area (Å²) in [5.74, 6) is 1.44. The molecule has 0 aliphatic heterocycles. The van der Waals surface area contributed by atoms with Gasteiger partial charge in [0.15, 0.2) is 0 Å². The van der Waals surface area contributed by atoms with E-state index in [1.165, 1.54) is 16.1 Å². The van der Waals surface area contributed by atoms with Gasteiger partial charge < -0.3 is 10.1 Å². The number of hydrogen-bond acceptors (Lipinski definition) is 4. The van der Waals surface area contributed by atoms with Crippen molar-refractivity contribution >= 4 is 21.6 Å². The molecule has 0 bridgehead atoms. The van der Waals surface area contributed by atoms with Gasteiger partial charge in [0, 0.05) is 19.5 Å². The van der Waals surface area contributed by atoms with Crippen LogP contribution in [-0.2, 0) is 14.8 Å². The van der Waals surface area contributed by atoms with Crippen molar-refractivity contribution in [2.75, 3.05) is 23.7 Å². The Hall–Kier alpha value is -3.32. The van der Waals surface area contributed by atoms with Crippen LogP contribution in [0.25, 0.3) is 0 Å². The Kier molecular flexibility index (Phi) is 8.49. The van der Waals surface area contributed by atoms with Crippen molar-refractivity contribution in [2.24, 2.45) is 0 Å². The topological polar surface area (TPSA) is 75.7 Å². The van der Waals surface area contributed by atoms with Gasteiger partial charge in [-0.3, -0.25) is 9.10 Å². The highest BCUT2D eigenvalue weighted by Crippen LogP contribution is 2.25. The second-order valence-corrected chi connectivity index (χ2v) is 9.87. The normalized spacial score (nSPS) is 12.1. The van der Waals surface area contributed by atoms with E-state index in [0.29, 0.717) is 30.2 Å². The van der Waals surface area contributed by atoms with Crippen molar-refractivity contribution < 1.29 is 17.9 Å². The predicted octanol–water partition coefficient (Wildman–Crippen LogP) is 4.95. The summed E-state index contributed by atoms with van der Waals surface area (Å²) in [4.78, 5) is 12.3. The average molecular weight is 467 g/mol. The zero-order chi connectivity index (χ0) is 23.7. The standard InChI is InChI=1S/C26H30N2O4S/c1-21(22-10-5-3-6-11-22)20-27-26(29)14-9-19-28(33(2,30)31)23-15-17-25(18-16-23)32-24-12-7-4-8-13-24/h3-8,10-13,15-18,21H,9,14,19-20H2,1-2H3,(H,27,29)/t21-/m1/s1. The third-order valence-electron chi connectivity index (χ3n) is 5.24. The van der Waals surface area contributed by atoms with E-state index in [1.54, 1.807) is 24.3 Å². The monoisotopic (exact) mass is 466 g/mol. The molecule has 0 spiro atoms. The van der Waals surface area contributed by atoms with E-state index in [0.717, 1.165) is 0 Å². The lowest BCUT2D eigenvalue weighted by molar-refractivity contribution is -0.121. The third kappa shape index (κ3) is 7.64. The van der Waals surface area contributed by atoms with E-state index in [9.17, 15) is 13.2 Å². The minimum Gasteiger partial charge on any atom is -0.457 e. The lowest BCUT2D eigenvalue weighted by atomic mass is 10.0. The molecule has 3 rings (SSSR count). The Bertz CT molecular complexity index is 1120. The van der Waals surface area contributed by atoms with Crippen molar-refractivity contribution in [2.45, 2.75) is 25.7 Å². The highest BCUT2D eigenvalue weighted by Gasteiger charge is 2.18. The second-order valence-electron chi connectivity index (χ2n) is 7.96. The molecule has 3 aromatic carbocycles. The van der Waals surface area contributed by atoms with E-state index in [-0.39, 0.29) is 24.8 Å². The SMILES string of the molecule is C[C@H](CNC(=O)CCCN(c1ccc(Oc2ccccc2)cc1)S(C)(=O)=O)c1ccccc1. The van der Waals surface area contributed by atoms with E-state index in [2.05, 4.69) is 12.2 Å². The quantitative estimate of drug-likeness (QED) is 0.434. The Morgan fingerprint density at radius 1 is 0.909 bits per heavy atom. The van der Waals surface area contributed by atoms with E-state index in [1.807, 2.05) is 60.7 Å². The van der Waals surface area contributed by atoms with Crippen LogP contribution in [-0.4, -0.2) is 33.7 Å². The number of rotatable bonds is 11. The molecule has 0 aromatic heterocycles. The van der Waals surface area contributed by atoms with Crippen LogP contribution in [0.2, 0.25) is 0 Å². The van der Waals surface area contributed by atoms with Crippen LogP contribution in [0.5, 0.6) is 11.5 Å². The molecule has 0 unspecified atom stereocenters. The van der Waals surface area contributed by atoms with E-state index < -0.39 is 10.0 Å². The third-order valence-corrected chi connectivity index (χ3v) is 6.44. The van der Waals surface area contributed by atoms with Crippen LogP contribution in [0.3, 0.4) is 0 Å². The number of sulfonamides is 1. The number of nitrogens with one attached hydrogen (secondary N) is 1. The minimum absolute atomic E-state index is 0.0853. The Morgan fingerprint density at radius 2 is 1.48 bits per heavy atom. The van der Waals surface area contributed by atoms with Gasteiger partial charge in [-0.15, -0.1) is 0 Å². The molecule has 0 fully saturated rings. The molecule has 1 N–H and O–H groups in total. The van der Waals surface area contributed by atoms with Crippen LogP contribution in [0.15, 0.2) is 84.9 Å². The zero-order valence-electron chi connectivity index (χ0n) is 19.0. The first kappa shape index (κ1) is 24.3. The first-order valence-corrected chi connectivity index (χ1v) is 12.8. The number of anilines is 1. The molecular formula is C26H30N2O4S. The first-order chi connectivity index (χ1) is 15.8. The number of carbonyl (C=O) groups excluding carboxylic acids is 1. The zero-order valence-corrected chi connectivity index (χ0v) is 19.8. The Labute approximate surface area is 196 Å². The summed E-state index contributed by atoms with van der Waals surface area (Å²) in [5, 5.41) is 2.94. The van der Waals surface area contributed by atoms with Crippen LogP contribution < -0.4 is 14.4 Å². The summed E-state index contributed by atoms with van der Waals surface area (Å²) in [7, 11) is -3.49. The number of carbonyl (C=O) groups is 1. The number of hydrogen-bond donors (Lipinski definition) is 1. The van der Waals surface area contributed by atoms with E-state index >= 15 is 0 Å². The average Bonchev–Trinajstić information content (AvgIpc) is 2.81. The number of amides is 1. The molecule has 7 heteroatoms. The molecule has 0 aliphatic carbocycles. The molecule has 0 saturated carbocycles. The molecule has 3 aromatic rings. The van der Waals surface area contributed by atoms with Gasteiger partial charge >= 0.3 is 0 Å². The molecule has 1 atom stereocenters. The molecule has 6 nitrogen and oxygen atoms in total. The first-order valence-electron chi connectivity index (χ1n) is 11.0. The maximum absolute atomic E-state index is 12.3. The highest BCUT2D eigenvalue weighted by atomic mass is 32.2. The lowest BCUT2D eigenvalue weighted by Gasteiger charge is -2.22. The highest BCUT2D eigenvalue weighted by molar-refractivity contribution is 7.92. The van der Waals surface area contributed by atoms with E-state index in [4.69, 9.17) is 4.74 Å². The molecule has 174 valence electrons. The summed E-state index contributed by atoms with van der Waals surface area (Å²) in [6.07, 6.45) is 1.84. The molecule has 0 saturated heterocycles. The van der Waals surface area contributed by atoms with Crippen molar-refractivity contribution in [1.82, 2.24) is 5.32 Å². The lowest BCUT2D eigenvalue weighted by Crippen LogP contribution is -2.32. The molecule has 33 heavy (non-hydrogen) atoms. The van der Waals surface area contributed by atoms with Crippen molar-refractivity contribution in [3.63, 3.8) is 0 Å². The number of benzene rings is 3. The van der Waals surface area contributed by atoms with Crippen LogP contribution >= 0.6 is 0 Å². The summed E-state index contributed by atoms with van der Waals surface area (Å²) >= 11 is 0. The number of ether oxygens (including phenoxy) is 1. The molecule has 0 heterocycles.